The fourth-order valence-corrected chi connectivity index (χ4v) is 1.21. The molecule has 3 nitrogen and oxygen atoms in total. The highest BCUT2D eigenvalue weighted by Gasteiger charge is 2.31. The van der Waals surface area contributed by atoms with Crippen LogP contribution in [0, 0.1) is 5.82 Å². The minimum Gasteiger partial charge on any atom is -0.444 e. The highest BCUT2D eigenvalue weighted by Crippen LogP contribution is 2.31. The number of benzene rings is 1. The van der Waals surface area contributed by atoms with Crippen molar-refractivity contribution in [3.05, 3.63) is 29.6 Å². The lowest BCUT2D eigenvalue weighted by atomic mass is 10.2. The van der Waals surface area contributed by atoms with Crippen LogP contribution in [0.5, 0.6) is 0 Å². The zero-order valence-corrected chi connectivity index (χ0v) is 10.6. The van der Waals surface area contributed by atoms with Crippen molar-refractivity contribution in [2.45, 2.75) is 32.5 Å². The molecule has 0 aliphatic heterocycles. The number of rotatable bonds is 1. The van der Waals surface area contributed by atoms with Crippen molar-refractivity contribution in [3.8, 4) is 0 Å². The molecule has 0 bridgehead atoms. The Morgan fingerprint density at radius 1 is 1.21 bits per heavy atom. The Morgan fingerprint density at radius 2 is 1.79 bits per heavy atom. The summed E-state index contributed by atoms with van der Waals surface area (Å²) in [7, 11) is 0. The van der Waals surface area contributed by atoms with Gasteiger partial charge in [0.25, 0.3) is 0 Å². The second kappa shape index (κ2) is 5.07. The Balaban J connectivity index is 2.92. The van der Waals surface area contributed by atoms with Crippen molar-refractivity contribution in [1.29, 1.82) is 0 Å². The largest absolute Gasteiger partial charge is 0.444 e. The van der Waals surface area contributed by atoms with Crippen LogP contribution in [-0.2, 0) is 10.9 Å². The molecule has 1 amide bonds. The number of nitrogens with one attached hydrogen (secondary N) is 1. The number of carbonyl (C=O) groups is 1. The van der Waals surface area contributed by atoms with E-state index >= 15 is 0 Å². The molecule has 19 heavy (non-hydrogen) atoms. The van der Waals surface area contributed by atoms with E-state index in [1.54, 1.807) is 20.8 Å². The third-order valence-electron chi connectivity index (χ3n) is 1.93. The van der Waals surface area contributed by atoms with E-state index in [0.29, 0.717) is 18.2 Å². The third-order valence-corrected chi connectivity index (χ3v) is 1.93. The van der Waals surface area contributed by atoms with E-state index in [-0.39, 0.29) is 0 Å². The van der Waals surface area contributed by atoms with Crippen LogP contribution in [0.25, 0.3) is 0 Å². The van der Waals surface area contributed by atoms with Gasteiger partial charge in [-0.15, -0.1) is 0 Å². The molecule has 0 aromatic heterocycles. The van der Waals surface area contributed by atoms with Crippen LogP contribution < -0.4 is 5.32 Å². The molecule has 0 saturated heterocycles. The lowest BCUT2D eigenvalue weighted by molar-refractivity contribution is -0.137. The summed E-state index contributed by atoms with van der Waals surface area (Å²) in [6.45, 7) is 4.74. The smallest absolute Gasteiger partial charge is 0.416 e. The molecule has 0 unspecified atom stereocenters. The van der Waals surface area contributed by atoms with Gasteiger partial charge in [-0.05, 0) is 39.0 Å². The van der Waals surface area contributed by atoms with Crippen LogP contribution in [0.4, 0.5) is 28.0 Å². The van der Waals surface area contributed by atoms with Gasteiger partial charge < -0.3 is 4.74 Å². The average molecular weight is 279 g/mol. The second-order valence-electron chi connectivity index (χ2n) is 4.82. The first kappa shape index (κ1) is 15.3. The summed E-state index contributed by atoms with van der Waals surface area (Å²) >= 11 is 0. The molecule has 1 aromatic rings. The monoisotopic (exact) mass is 279 g/mol. The van der Waals surface area contributed by atoms with Crippen molar-refractivity contribution in [1.82, 2.24) is 0 Å². The lowest BCUT2D eigenvalue weighted by Gasteiger charge is -2.20. The maximum atomic E-state index is 13.3. The van der Waals surface area contributed by atoms with Gasteiger partial charge in [-0.3, -0.25) is 5.32 Å². The molecule has 0 aliphatic rings. The van der Waals surface area contributed by atoms with E-state index in [0.717, 1.165) is 0 Å². The number of amides is 1. The van der Waals surface area contributed by atoms with Gasteiger partial charge in [0, 0.05) is 0 Å². The number of alkyl halides is 3. The maximum absolute atomic E-state index is 13.3. The van der Waals surface area contributed by atoms with Crippen LogP contribution in [0.1, 0.15) is 26.3 Å². The summed E-state index contributed by atoms with van der Waals surface area (Å²) in [5.41, 5.74) is -2.47. The molecule has 0 atom stereocenters. The summed E-state index contributed by atoms with van der Waals surface area (Å²) < 4.78 is 55.5. The molecular formula is C12H13F4NO2. The molecule has 0 spiro atoms. The fourth-order valence-electron chi connectivity index (χ4n) is 1.21. The molecule has 7 heteroatoms. The lowest BCUT2D eigenvalue weighted by Crippen LogP contribution is -2.27. The molecule has 1 rings (SSSR count). The minimum atomic E-state index is -4.61. The van der Waals surface area contributed by atoms with Crippen LogP contribution in [0.15, 0.2) is 18.2 Å². The van der Waals surface area contributed by atoms with E-state index in [9.17, 15) is 22.4 Å². The standard InChI is InChI=1S/C12H13F4NO2/c1-11(2,3)19-10(18)17-9-6-7(12(14,15)16)4-5-8(9)13/h4-6H,1-3H3,(H,17,18). The molecule has 0 heterocycles. The third kappa shape index (κ3) is 4.76. The van der Waals surface area contributed by atoms with E-state index in [1.807, 2.05) is 5.32 Å². The van der Waals surface area contributed by atoms with Gasteiger partial charge in [0.15, 0.2) is 0 Å². The normalized spacial score (nSPS) is 12.2. The molecule has 0 saturated carbocycles. The van der Waals surface area contributed by atoms with Crippen molar-refractivity contribution in [2.24, 2.45) is 0 Å². The number of ether oxygens (including phenoxy) is 1. The number of hydrogen-bond acceptors (Lipinski definition) is 2. The quantitative estimate of drug-likeness (QED) is 0.783. The second-order valence-corrected chi connectivity index (χ2v) is 4.82. The Kier molecular flexibility index (Phi) is 4.07. The van der Waals surface area contributed by atoms with Crippen molar-refractivity contribution in [2.75, 3.05) is 5.32 Å². The highest BCUT2D eigenvalue weighted by atomic mass is 19.4. The van der Waals surface area contributed by atoms with E-state index in [4.69, 9.17) is 4.74 Å². The van der Waals surface area contributed by atoms with Gasteiger partial charge >= 0.3 is 12.3 Å². The SMILES string of the molecule is CC(C)(C)OC(=O)Nc1cc(C(F)(F)F)ccc1F. The van der Waals surface area contributed by atoms with E-state index in [1.165, 1.54) is 0 Å². The van der Waals surface area contributed by atoms with Crippen LogP contribution in [0.3, 0.4) is 0 Å². The Morgan fingerprint density at radius 3 is 2.26 bits per heavy atom. The fraction of sp³-hybridized carbons (Fsp3) is 0.417. The summed E-state index contributed by atoms with van der Waals surface area (Å²) in [5, 5.41) is 1.94. The summed E-state index contributed by atoms with van der Waals surface area (Å²) in [6, 6.07) is 1.74. The molecule has 106 valence electrons. The highest BCUT2D eigenvalue weighted by molar-refractivity contribution is 5.85. The van der Waals surface area contributed by atoms with E-state index in [2.05, 4.69) is 0 Å². The van der Waals surface area contributed by atoms with E-state index < -0.39 is 34.9 Å². The van der Waals surface area contributed by atoms with Crippen LogP contribution in [-0.4, -0.2) is 11.7 Å². The predicted octanol–water partition coefficient (Wildman–Crippen LogP) is 4.19. The predicted molar refractivity (Wildman–Crippen MR) is 61.3 cm³/mol. The molecule has 0 aliphatic carbocycles. The Hall–Kier alpha value is -1.79. The first-order chi connectivity index (χ1) is 8.49. The zero-order chi connectivity index (χ0) is 14.8. The van der Waals surface area contributed by atoms with Crippen molar-refractivity contribution >= 4 is 11.8 Å². The molecule has 0 fully saturated rings. The van der Waals surface area contributed by atoms with Gasteiger partial charge in [-0.2, -0.15) is 13.2 Å². The van der Waals surface area contributed by atoms with Gasteiger partial charge in [0.1, 0.15) is 11.4 Å². The molecule has 1 N–H and O–H groups in total. The topological polar surface area (TPSA) is 38.3 Å². The minimum absolute atomic E-state index is 0.513. The molecule has 1 aromatic carbocycles. The summed E-state index contributed by atoms with van der Waals surface area (Å²) in [6.07, 6.45) is -5.64. The van der Waals surface area contributed by atoms with Gasteiger partial charge in [-0.1, -0.05) is 0 Å². The first-order valence-corrected chi connectivity index (χ1v) is 5.36. The first-order valence-electron chi connectivity index (χ1n) is 5.36. The molecular weight excluding hydrogens is 266 g/mol. The number of halogens is 4. The van der Waals surface area contributed by atoms with Crippen molar-refractivity contribution in [3.63, 3.8) is 0 Å². The van der Waals surface area contributed by atoms with Gasteiger partial charge in [0.2, 0.25) is 0 Å². The van der Waals surface area contributed by atoms with Gasteiger partial charge in [0.05, 0.1) is 11.3 Å². The van der Waals surface area contributed by atoms with Gasteiger partial charge in [-0.25, -0.2) is 9.18 Å². The van der Waals surface area contributed by atoms with Crippen LogP contribution >= 0.6 is 0 Å². The molecule has 0 radical (unpaired) electrons. The number of carbonyl (C=O) groups excluding carboxylic acids is 1. The Bertz CT molecular complexity index is 478. The maximum Gasteiger partial charge on any atom is 0.416 e. The van der Waals surface area contributed by atoms with Crippen molar-refractivity contribution < 1.29 is 27.1 Å². The Labute approximate surface area is 107 Å². The average Bonchev–Trinajstić information content (AvgIpc) is 2.16. The van der Waals surface area contributed by atoms with Crippen LogP contribution in [0.2, 0.25) is 0 Å². The summed E-state index contributed by atoms with van der Waals surface area (Å²) in [5.74, 6) is -0.973. The zero-order valence-electron chi connectivity index (χ0n) is 10.6. The summed E-state index contributed by atoms with van der Waals surface area (Å²) in [4.78, 5) is 11.4. The number of hydrogen-bond donors (Lipinski definition) is 1. The number of anilines is 1.